The van der Waals surface area contributed by atoms with Gasteiger partial charge in [-0.15, -0.1) is 5.10 Å². The van der Waals surface area contributed by atoms with Crippen molar-refractivity contribution in [3.8, 4) is 0 Å². The molecule has 1 aliphatic rings. The van der Waals surface area contributed by atoms with Gasteiger partial charge in [0.1, 0.15) is 6.33 Å². The Morgan fingerprint density at radius 3 is 3.00 bits per heavy atom. The normalized spacial score (nSPS) is 16.6. The van der Waals surface area contributed by atoms with E-state index >= 15 is 0 Å². The number of fused-ring (bicyclic) bond motifs is 1. The van der Waals surface area contributed by atoms with E-state index in [1.165, 1.54) is 6.33 Å². The Morgan fingerprint density at radius 1 is 1.38 bits per heavy atom. The van der Waals surface area contributed by atoms with Gasteiger partial charge in [0.25, 0.3) is 0 Å². The summed E-state index contributed by atoms with van der Waals surface area (Å²) in [4.78, 5) is 7.96. The largest absolute Gasteiger partial charge is 0.382 e. The van der Waals surface area contributed by atoms with Gasteiger partial charge in [0, 0.05) is 0 Å². The van der Waals surface area contributed by atoms with Crippen LogP contribution >= 0.6 is 0 Å². The molecule has 1 saturated carbocycles. The molecule has 0 bridgehead atoms. The Balaban J connectivity index is 2.32. The van der Waals surface area contributed by atoms with Crippen molar-refractivity contribution < 1.29 is 0 Å². The van der Waals surface area contributed by atoms with Crippen molar-refractivity contribution in [2.75, 3.05) is 5.73 Å². The highest BCUT2D eigenvalue weighted by molar-refractivity contribution is 5.80. The van der Waals surface area contributed by atoms with Gasteiger partial charge in [-0.3, -0.25) is 0 Å². The molecule has 2 heterocycles. The zero-order valence-electron chi connectivity index (χ0n) is 6.88. The molecule has 3 rings (SSSR count). The molecule has 0 atom stereocenters. The molecule has 0 saturated heterocycles. The smallest absolute Gasteiger partial charge is 0.184 e. The standard InChI is InChI=1S/C7H8N6/c8-6-5-7(10-3-9-6)13(12-11-5)4-1-2-4/h3-4H,1-2H2,(H2,8,9,10). The summed E-state index contributed by atoms with van der Waals surface area (Å²) in [6.45, 7) is 0. The minimum atomic E-state index is 0.400. The van der Waals surface area contributed by atoms with E-state index in [9.17, 15) is 0 Å². The second kappa shape index (κ2) is 2.15. The minimum absolute atomic E-state index is 0.400. The molecule has 13 heavy (non-hydrogen) atoms. The number of anilines is 1. The topological polar surface area (TPSA) is 82.5 Å². The van der Waals surface area contributed by atoms with Crippen molar-refractivity contribution in [1.29, 1.82) is 0 Å². The molecule has 0 aliphatic heterocycles. The molecule has 2 N–H and O–H groups in total. The van der Waals surface area contributed by atoms with Crippen molar-refractivity contribution in [1.82, 2.24) is 25.0 Å². The summed E-state index contributed by atoms with van der Waals surface area (Å²) in [7, 11) is 0. The average Bonchev–Trinajstić information content (AvgIpc) is 2.87. The summed E-state index contributed by atoms with van der Waals surface area (Å²) in [5, 5.41) is 7.94. The third kappa shape index (κ3) is 0.881. The lowest BCUT2D eigenvalue weighted by molar-refractivity contribution is 0.624. The zero-order chi connectivity index (χ0) is 8.84. The molecule has 0 amide bonds. The van der Waals surface area contributed by atoms with E-state index in [1.807, 2.05) is 4.68 Å². The Morgan fingerprint density at radius 2 is 2.23 bits per heavy atom. The highest BCUT2D eigenvalue weighted by Gasteiger charge is 2.27. The van der Waals surface area contributed by atoms with Crippen molar-refractivity contribution in [3.05, 3.63) is 6.33 Å². The van der Waals surface area contributed by atoms with Gasteiger partial charge in [-0.1, -0.05) is 5.21 Å². The van der Waals surface area contributed by atoms with Gasteiger partial charge < -0.3 is 5.73 Å². The van der Waals surface area contributed by atoms with Crippen LogP contribution in [0.25, 0.3) is 11.2 Å². The quantitative estimate of drug-likeness (QED) is 0.668. The first-order valence-corrected chi connectivity index (χ1v) is 4.17. The van der Waals surface area contributed by atoms with E-state index in [1.54, 1.807) is 0 Å². The SMILES string of the molecule is Nc1ncnc2c1nnn2C1CC1. The van der Waals surface area contributed by atoms with E-state index < -0.39 is 0 Å². The highest BCUT2D eigenvalue weighted by Crippen LogP contribution is 2.35. The number of rotatable bonds is 1. The van der Waals surface area contributed by atoms with Crippen molar-refractivity contribution >= 4 is 17.0 Å². The second-order valence-electron chi connectivity index (χ2n) is 3.20. The van der Waals surface area contributed by atoms with Crippen LogP contribution in [0.15, 0.2) is 6.33 Å². The van der Waals surface area contributed by atoms with Crippen LogP contribution in [0.3, 0.4) is 0 Å². The van der Waals surface area contributed by atoms with Gasteiger partial charge >= 0.3 is 0 Å². The third-order valence-electron chi connectivity index (χ3n) is 2.18. The number of nitrogens with two attached hydrogens (primary N) is 1. The van der Waals surface area contributed by atoms with Gasteiger partial charge in [-0.25, -0.2) is 14.6 Å². The number of hydrogen-bond acceptors (Lipinski definition) is 5. The molecule has 0 radical (unpaired) electrons. The fraction of sp³-hybridized carbons (Fsp3) is 0.429. The van der Waals surface area contributed by atoms with Gasteiger partial charge in [-0.05, 0) is 12.8 Å². The molecule has 2 aromatic rings. The fourth-order valence-corrected chi connectivity index (χ4v) is 1.35. The monoisotopic (exact) mass is 176 g/mol. The van der Waals surface area contributed by atoms with Crippen molar-refractivity contribution in [2.45, 2.75) is 18.9 Å². The van der Waals surface area contributed by atoms with Crippen molar-refractivity contribution in [2.24, 2.45) is 0 Å². The van der Waals surface area contributed by atoms with E-state index in [-0.39, 0.29) is 0 Å². The first-order valence-electron chi connectivity index (χ1n) is 4.17. The molecular weight excluding hydrogens is 168 g/mol. The third-order valence-corrected chi connectivity index (χ3v) is 2.18. The first kappa shape index (κ1) is 6.76. The second-order valence-corrected chi connectivity index (χ2v) is 3.20. The summed E-state index contributed by atoms with van der Waals surface area (Å²) in [5.74, 6) is 0.400. The summed E-state index contributed by atoms with van der Waals surface area (Å²) in [6.07, 6.45) is 3.75. The lowest BCUT2D eigenvalue weighted by Crippen LogP contribution is -1.98. The Kier molecular flexibility index (Phi) is 1.12. The molecule has 0 unspecified atom stereocenters. The predicted molar refractivity (Wildman–Crippen MR) is 45.8 cm³/mol. The number of hydrogen-bond donors (Lipinski definition) is 1. The van der Waals surface area contributed by atoms with Gasteiger partial charge in [-0.2, -0.15) is 0 Å². The molecule has 6 nitrogen and oxygen atoms in total. The summed E-state index contributed by atoms with van der Waals surface area (Å²) in [6, 6.07) is 0.472. The molecule has 2 aromatic heterocycles. The maximum atomic E-state index is 5.62. The van der Waals surface area contributed by atoms with Gasteiger partial charge in [0.2, 0.25) is 0 Å². The lowest BCUT2D eigenvalue weighted by Gasteiger charge is -1.96. The van der Waals surface area contributed by atoms with Crippen LogP contribution < -0.4 is 5.73 Å². The van der Waals surface area contributed by atoms with Crippen LogP contribution in [-0.2, 0) is 0 Å². The van der Waals surface area contributed by atoms with Crippen LogP contribution in [0.4, 0.5) is 5.82 Å². The predicted octanol–water partition coefficient (Wildman–Crippen LogP) is 0.138. The summed E-state index contributed by atoms with van der Waals surface area (Å²) in [5.41, 5.74) is 6.97. The Hall–Kier alpha value is -1.72. The summed E-state index contributed by atoms with van der Waals surface area (Å²) < 4.78 is 1.83. The van der Waals surface area contributed by atoms with Crippen LogP contribution in [0, 0.1) is 0 Å². The van der Waals surface area contributed by atoms with E-state index in [2.05, 4.69) is 20.3 Å². The first-order chi connectivity index (χ1) is 6.36. The van der Waals surface area contributed by atoms with Gasteiger partial charge in [0.15, 0.2) is 17.0 Å². The molecule has 66 valence electrons. The maximum Gasteiger partial charge on any atom is 0.184 e. The number of aromatic nitrogens is 5. The summed E-state index contributed by atoms with van der Waals surface area (Å²) >= 11 is 0. The molecule has 0 aromatic carbocycles. The molecule has 0 spiro atoms. The Bertz CT molecular complexity index is 457. The number of nitrogens with zero attached hydrogens (tertiary/aromatic N) is 5. The lowest BCUT2D eigenvalue weighted by atomic mass is 10.5. The highest BCUT2D eigenvalue weighted by atomic mass is 15.5. The van der Waals surface area contributed by atoms with Crippen LogP contribution in [0.1, 0.15) is 18.9 Å². The maximum absolute atomic E-state index is 5.62. The van der Waals surface area contributed by atoms with Crippen LogP contribution in [-0.4, -0.2) is 25.0 Å². The van der Waals surface area contributed by atoms with Crippen molar-refractivity contribution in [3.63, 3.8) is 0 Å². The van der Waals surface area contributed by atoms with E-state index in [0.717, 1.165) is 18.5 Å². The molecular formula is C7H8N6. The Labute approximate surface area is 73.8 Å². The zero-order valence-corrected chi connectivity index (χ0v) is 6.88. The molecule has 1 aliphatic carbocycles. The van der Waals surface area contributed by atoms with E-state index in [0.29, 0.717) is 17.4 Å². The van der Waals surface area contributed by atoms with Crippen LogP contribution in [0.2, 0.25) is 0 Å². The van der Waals surface area contributed by atoms with E-state index in [4.69, 9.17) is 5.73 Å². The molecule has 1 fully saturated rings. The fourth-order valence-electron chi connectivity index (χ4n) is 1.35. The minimum Gasteiger partial charge on any atom is -0.382 e. The number of nitrogen functional groups attached to an aromatic ring is 1. The average molecular weight is 176 g/mol. The molecule has 6 heteroatoms. The van der Waals surface area contributed by atoms with Gasteiger partial charge in [0.05, 0.1) is 6.04 Å². The van der Waals surface area contributed by atoms with Crippen LogP contribution in [0.5, 0.6) is 0 Å².